The van der Waals surface area contributed by atoms with Crippen LogP contribution in [0, 0.1) is 0 Å². The molecule has 3 aromatic rings. The second kappa shape index (κ2) is 7.74. The molecular weight excluding hydrogens is 381 g/mol. The summed E-state index contributed by atoms with van der Waals surface area (Å²) >= 11 is 13.5. The fourth-order valence-corrected chi connectivity index (χ4v) is 3.08. The van der Waals surface area contributed by atoms with Crippen LogP contribution < -0.4 is 15.8 Å². The molecule has 0 aliphatic heterocycles. The number of hydrogen-bond donors (Lipinski definition) is 2. The zero-order valence-corrected chi connectivity index (χ0v) is 15.2. The van der Waals surface area contributed by atoms with Crippen LogP contribution in [-0.4, -0.2) is 10.9 Å². The Kier molecular flexibility index (Phi) is 5.43. The molecule has 0 fully saturated rings. The lowest BCUT2D eigenvalue weighted by Crippen LogP contribution is -2.12. The highest BCUT2D eigenvalue weighted by Gasteiger charge is 2.11. The summed E-state index contributed by atoms with van der Waals surface area (Å²) in [7, 11) is 0. The molecule has 0 saturated carbocycles. The first kappa shape index (κ1) is 17.5. The van der Waals surface area contributed by atoms with Crippen molar-refractivity contribution in [3.8, 4) is 5.75 Å². The van der Waals surface area contributed by atoms with E-state index < -0.39 is 0 Å². The van der Waals surface area contributed by atoms with Gasteiger partial charge in [0.1, 0.15) is 12.4 Å². The van der Waals surface area contributed by atoms with Crippen LogP contribution >= 0.6 is 34.5 Å². The molecule has 8 heteroatoms. The molecule has 0 aliphatic rings. The molecule has 1 heterocycles. The number of ether oxygens (including phenoxy) is 1. The van der Waals surface area contributed by atoms with Crippen LogP contribution in [0.3, 0.4) is 0 Å². The maximum absolute atomic E-state index is 12.4. The van der Waals surface area contributed by atoms with Crippen molar-refractivity contribution in [1.82, 2.24) is 4.98 Å². The number of rotatable bonds is 5. The largest absolute Gasteiger partial charge is 0.487 e. The highest BCUT2D eigenvalue weighted by atomic mass is 35.5. The fourth-order valence-electron chi connectivity index (χ4n) is 2.05. The van der Waals surface area contributed by atoms with Crippen molar-refractivity contribution >= 4 is 51.8 Å². The molecule has 5 nitrogen and oxygen atoms in total. The van der Waals surface area contributed by atoms with Crippen LogP contribution in [0.2, 0.25) is 10.0 Å². The quantitative estimate of drug-likeness (QED) is 0.606. The molecule has 128 valence electrons. The van der Waals surface area contributed by atoms with E-state index in [9.17, 15) is 4.79 Å². The van der Waals surface area contributed by atoms with Gasteiger partial charge in [0, 0.05) is 16.6 Å². The van der Waals surface area contributed by atoms with Crippen molar-refractivity contribution in [2.75, 3.05) is 11.1 Å². The summed E-state index contributed by atoms with van der Waals surface area (Å²) < 4.78 is 5.65. The van der Waals surface area contributed by atoms with Gasteiger partial charge in [0.25, 0.3) is 5.91 Å². The average molecular weight is 394 g/mol. The predicted molar refractivity (Wildman–Crippen MR) is 102 cm³/mol. The van der Waals surface area contributed by atoms with Crippen molar-refractivity contribution in [2.24, 2.45) is 0 Å². The minimum Gasteiger partial charge on any atom is -0.487 e. The van der Waals surface area contributed by atoms with Gasteiger partial charge in [-0.1, -0.05) is 29.3 Å². The van der Waals surface area contributed by atoms with Crippen molar-refractivity contribution < 1.29 is 9.53 Å². The normalized spacial score (nSPS) is 10.5. The molecule has 3 rings (SSSR count). The summed E-state index contributed by atoms with van der Waals surface area (Å²) in [4.78, 5) is 16.6. The minimum atomic E-state index is -0.309. The number of carbonyl (C=O) groups is 1. The van der Waals surface area contributed by atoms with Crippen molar-refractivity contribution in [3.05, 3.63) is 68.6 Å². The van der Waals surface area contributed by atoms with E-state index >= 15 is 0 Å². The van der Waals surface area contributed by atoms with Gasteiger partial charge in [-0.25, -0.2) is 4.98 Å². The van der Waals surface area contributed by atoms with Crippen molar-refractivity contribution in [2.45, 2.75) is 6.61 Å². The number of hydrogen-bond acceptors (Lipinski definition) is 5. The van der Waals surface area contributed by atoms with E-state index in [2.05, 4.69) is 10.3 Å². The Labute approximate surface area is 158 Å². The van der Waals surface area contributed by atoms with Crippen molar-refractivity contribution in [3.63, 3.8) is 0 Å². The molecule has 0 radical (unpaired) electrons. The second-order valence-electron chi connectivity index (χ2n) is 5.10. The molecular formula is C17H13Cl2N3O2S. The van der Waals surface area contributed by atoms with E-state index in [0.29, 0.717) is 23.6 Å². The number of amides is 1. The van der Waals surface area contributed by atoms with Gasteiger partial charge in [-0.2, -0.15) is 0 Å². The Morgan fingerprint density at radius 3 is 2.68 bits per heavy atom. The zero-order valence-electron chi connectivity index (χ0n) is 12.8. The third kappa shape index (κ3) is 4.42. The van der Waals surface area contributed by atoms with Gasteiger partial charge in [0.15, 0.2) is 0 Å². The van der Waals surface area contributed by atoms with Gasteiger partial charge >= 0.3 is 0 Å². The smallest absolute Gasteiger partial charge is 0.255 e. The molecule has 0 atom stereocenters. The van der Waals surface area contributed by atoms with E-state index in [4.69, 9.17) is 33.7 Å². The van der Waals surface area contributed by atoms with Gasteiger partial charge in [-0.05, 0) is 30.3 Å². The van der Waals surface area contributed by atoms with E-state index in [0.717, 1.165) is 5.69 Å². The number of anilines is 2. The molecule has 3 N–H and O–H groups in total. The summed E-state index contributed by atoms with van der Waals surface area (Å²) in [5.74, 6) is 0.269. The van der Waals surface area contributed by atoms with E-state index in [1.807, 2.05) is 5.38 Å². The number of nitrogens with one attached hydrogen (secondary N) is 1. The topological polar surface area (TPSA) is 77.2 Å². The number of nitrogens with two attached hydrogens (primary N) is 1. The molecule has 0 spiro atoms. The Hall–Kier alpha value is -2.28. The maximum Gasteiger partial charge on any atom is 0.255 e. The fraction of sp³-hybridized carbons (Fsp3) is 0.0588. The Bertz CT molecular complexity index is 878. The molecule has 2 aromatic carbocycles. The Balaban J connectivity index is 1.71. The molecule has 0 bridgehead atoms. The molecule has 1 amide bonds. The van der Waals surface area contributed by atoms with Crippen LogP contribution in [0.1, 0.15) is 16.1 Å². The van der Waals surface area contributed by atoms with Crippen LogP contribution in [0.25, 0.3) is 0 Å². The first-order valence-corrected chi connectivity index (χ1v) is 8.88. The van der Waals surface area contributed by atoms with E-state index in [1.54, 1.807) is 41.9 Å². The van der Waals surface area contributed by atoms with Gasteiger partial charge < -0.3 is 15.8 Å². The monoisotopic (exact) mass is 393 g/mol. The summed E-state index contributed by atoms with van der Waals surface area (Å²) in [6.45, 7) is 0.345. The molecule has 0 saturated heterocycles. The Morgan fingerprint density at radius 1 is 1.24 bits per heavy atom. The molecule has 0 unspecified atom stereocenters. The highest BCUT2D eigenvalue weighted by Crippen LogP contribution is 2.31. The molecule has 25 heavy (non-hydrogen) atoms. The number of aromatic nitrogens is 1. The average Bonchev–Trinajstić information content (AvgIpc) is 3.11. The summed E-state index contributed by atoms with van der Waals surface area (Å²) in [5, 5.41) is 5.20. The lowest BCUT2D eigenvalue weighted by Gasteiger charge is -2.10. The molecule has 1 aromatic heterocycles. The van der Waals surface area contributed by atoms with Crippen LogP contribution in [0.5, 0.6) is 5.75 Å². The van der Waals surface area contributed by atoms with Gasteiger partial charge in [0.2, 0.25) is 0 Å². The predicted octanol–water partition coefficient (Wildman–Crippen LogP) is 4.86. The Morgan fingerprint density at radius 2 is 2.00 bits per heavy atom. The summed E-state index contributed by atoms with van der Waals surface area (Å²) in [6, 6.07) is 9.95. The number of carbonyl (C=O) groups excluding carboxylic acids is 1. The molecule has 0 aliphatic carbocycles. The second-order valence-corrected chi connectivity index (χ2v) is 6.64. The summed E-state index contributed by atoms with van der Waals surface area (Å²) in [6.07, 6.45) is 0. The number of benzene rings is 2. The third-order valence-corrected chi connectivity index (χ3v) is 4.56. The lowest BCUT2D eigenvalue weighted by molar-refractivity contribution is 0.102. The number of nitrogen functional groups attached to an aromatic ring is 1. The highest BCUT2D eigenvalue weighted by molar-refractivity contribution is 7.07. The summed E-state index contributed by atoms with van der Waals surface area (Å²) in [5.41, 5.74) is 9.45. The van der Waals surface area contributed by atoms with E-state index in [-0.39, 0.29) is 21.6 Å². The van der Waals surface area contributed by atoms with Crippen molar-refractivity contribution in [1.29, 1.82) is 0 Å². The first-order chi connectivity index (χ1) is 12.0. The van der Waals surface area contributed by atoms with Crippen LogP contribution in [0.15, 0.2) is 47.3 Å². The van der Waals surface area contributed by atoms with Crippen LogP contribution in [-0.2, 0) is 6.61 Å². The van der Waals surface area contributed by atoms with Gasteiger partial charge in [-0.3, -0.25) is 4.79 Å². The van der Waals surface area contributed by atoms with Gasteiger partial charge in [0.05, 0.1) is 26.9 Å². The zero-order chi connectivity index (χ0) is 17.8. The van der Waals surface area contributed by atoms with Gasteiger partial charge in [-0.15, -0.1) is 11.3 Å². The first-order valence-electron chi connectivity index (χ1n) is 7.19. The number of thiazole rings is 1. The maximum atomic E-state index is 12.4. The number of halogens is 2. The minimum absolute atomic E-state index is 0.277. The lowest BCUT2D eigenvalue weighted by atomic mass is 10.2. The van der Waals surface area contributed by atoms with E-state index in [1.165, 1.54) is 11.3 Å². The third-order valence-electron chi connectivity index (χ3n) is 3.30. The van der Waals surface area contributed by atoms with Crippen LogP contribution in [0.4, 0.5) is 11.4 Å². The number of nitrogens with zero attached hydrogens (tertiary/aromatic N) is 1. The SMILES string of the molecule is Nc1c(Cl)cc(NC(=O)c2cccc(OCc3cscn3)c2)cc1Cl. The standard InChI is InChI=1S/C17H13Cl2N3O2S/c18-14-5-11(6-15(19)16(14)20)22-17(23)10-2-1-3-13(4-10)24-7-12-8-25-9-21-12/h1-6,8-9H,7,20H2,(H,22,23).